The molecule has 0 aliphatic rings. The molecule has 0 bridgehead atoms. The van der Waals surface area contributed by atoms with Crippen molar-refractivity contribution in [1.29, 1.82) is 0 Å². The van der Waals surface area contributed by atoms with Crippen LogP contribution in [0.1, 0.15) is 37.1 Å². The second-order valence-electron chi connectivity index (χ2n) is 5.42. The Morgan fingerprint density at radius 1 is 0.909 bits per heavy atom. The molecule has 2 aromatic carbocycles. The zero-order valence-electron chi connectivity index (χ0n) is 13.5. The fraction of sp³-hybridized carbons (Fsp3) is 0.333. The summed E-state index contributed by atoms with van der Waals surface area (Å²) in [5, 5.41) is 12.6. The lowest BCUT2D eigenvalue weighted by Crippen LogP contribution is -2.85. The van der Waals surface area contributed by atoms with Gasteiger partial charge in [-0.3, -0.25) is 0 Å². The van der Waals surface area contributed by atoms with Gasteiger partial charge in [-0.2, -0.15) is 0 Å². The van der Waals surface area contributed by atoms with Crippen LogP contribution in [0, 0.1) is 0 Å². The van der Waals surface area contributed by atoms with Crippen molar-refractivity contribution in [2.24, 2.45) is 0 Å². The quantitative estimate of drug-likeness (QED) is 0.862. The molecular formula is C18H24NO3+. The van der Waals surface area contributed by atoms with Crippen molar-refractivity contribution in [1.82, 2.24) is 0 Å². The molecular weight excluding hydrogens is 278 g/mol. The predicted octanol–water partition coefficient (Wildman–Crippen LogP) is 2.80. The SMILES string of the molecule is COc1ccc([C@H](C)[NH2+][C@@H](C)c2ccccc2)c(O)c1OC. The van der Waals surface area contributed by atoms with Gasteiger partial charge in [0.2, 0.25) is 5.75 Å². The number of benzene rings is 2. The van der Waals surface area contributed by atoms with Crippen LogP contribution in [0.2, 0.25) is 0 Å². The Kier molecular flexibility index (Phi) is 5.28. The van der Waals surface area contributed by atoms with Crippen molar-refractivity contribution < 1.29 is 19.9 Å². The molecule has 0 spiro atoms. The van der Waals surface area contributed by atoms with Gasteiger partial charge in [0.05, 0.1) is 19.8 Å². The third-order valence-electron chi connectivity index (χ3n) is 3.94. The maximum Gasteiger partial charge on any atom is 0.203 e. The molecule has 0 fully saturated rings. The summed E-state index contributed by atoms with van der Waals surface area (Å²) in [5.74, 6) is 1.06. The van der Waals surface area contributed by atoms with Gasteiger partial charge < -0.3 is 19.9 Å². The van der Waals surface area contributed by atoms with Gasteiger partial charge in [-0.1, -0.05) is 30.3 Å². The first-order valence-corrected chi connectivity index (χ1v) is 7.42. The summed E-state index contributed by atoms with van der Waals surface area (Å²) in [5.41, 5.74) is 2.09. The zero-order valence-corrected chi connectivity index (χ0v) is 13.5. The van der Waals surface area contributed by atoms with E-state index in [0.717, 1.165) is 5.56 Å². The maximum absolute atomic E-state index is 10.4. The number of aromatic hydroxyl groups is 1. The van der Waals surface area contributed by atoms with E-state index in [1.165, 1.54) is 12.7 Å². The molecule has 4 heteroatoms. The Hall–Kier alpha value is -2.20. The predicted molar refractivity (Wildman–Crippen MR) is 86.4 cm³/mol. The number of quaternary nitrogens is 1. The number of rotatable bonds is 6. The Morgan fingerprint density at radius 3 is 2.18 bits per heavy atom. The molecule has 3 N–H and O–H groups in total. The van der Waals surface area contributed by atoms with Gasteiger partial charge in [0.25, 0.3) is 0 Å². The number of nitrogens with two attached hydrogens (primary N) is 1. The Balaban J connectivity index is 2.21. The monoisotopic (exact) mass is 302 g/mol. The van der Waals surface area contributed by atoms with E-state index in [0.29, 0.717) is 17.5 Å². The molecule has 0 amide bonds. The van der Waals surface area contributed by atoms with E-state index in [1.54, 1.807) is 7.11 Å². The Morgan fingerprint density at radius 2 is 1.59 bits per heavy atom. The summed E-state index contributed by atoms with van der Waals surface area (Å²) >= 11 is 0. The molecule has 22 heavy (non-hydrogen) atoms. The first kappa shape index (κ1) is 16.2. The van der Waals surface area contributed by atoms with Gasteiger partial charge in [-0.25, -0.2) is 0 Å². The molecule has 0 aliphatic heterocycles. The van der Waals surface area contributed by atoms with E-state index in [9.17, 15) is 5.11 Å². The molecule has 0 heterocycles. The lowest BCUT2D eigenvalue weighted by atomic mass is 10.0. The number of hydrogen-bond donors (Lipinski definition) is 2. The second kappa shape index (κ2) is 7.18. The van der Waals surface area contributed by atoms with Crippen molar-refractivity contribution in [2.75, 3.05) is 14.2 Å². The van der Waals surface area contributed by atoms with Gasteiger partial charge >= 0.3 is 0 Å². The maximum atomic E-state index is 10.4. The Labute approximate surface area is 131 Å². The van der Waals surface area contributed by atoms with Gasteiger partial charge in [0.1, 0.15) is 12.1 Å². The van der Waals surface area contributed by atoms with Crippen molar-refractivity contribution in [3.8, 4) is 17.2 Å². The fourth-order valence-corrected chi connectivity index (χ4v) is 2.70. The minimum Gasteiger partial charge on any atom is -0.504 e. The topological polar surface area (TPSA) is 55.3 Å². The molecule has 0 aliphatic carbocycles. The van der Waals surface area contributed by atoms with Crippen LogP contribution >= 0.6 is 0 Å². The average Bonchev–Trinajstić information content (AvgIpc) is 2.54. The zero-order chi connectivity index (χ0) is 16.1. The average molecular weight is 302 g/mol. The summed E-state index contributed by atoms with van der Waals surface area (Å²) < 4.78 is 10.5. The van der Waals surface area contributed by atoms with Crippen LogP contribution in [0.4, 0.5) is 0 Å². The van der Waals surface area contributed by atoms with E-state index < -0.39 is 0 Å². The van der Waals surface area contributed by atoms with Crippen LogP contribution in [0.3, 0.4) is 0 Å². The first-order valence-electron chi connectivity index (χ1n) is 7.42. The third kappa shape index (κ3) is 3.34. The van der Waals surface area contributed by atoms with E-state index in [4.69, 9.17) is 9.47 Å². The molecule has 4 nitrogen and oxygen atoms in total. The third-order valence-corrected chi connectivity index (χ3v) is 3.94. The molecule has 118 valence electrons. The van der Waals surface area contributed by atoms with Crippen molar-refractivity contribution in [3.63, 3.8) is 0 Å². The molecule has 2 rings (SSSR count). The summed E-state index contributed by atoms with van der Waals surface area (Å²) in [6, 6.07) is 14.4. The normalized spacial score (nSPS) is 13.5. The number of hydrogen-bond acceptors (Lipinski definition) is 3. The van der Waals surface area contributed by atoms with E-state index in [2.05, 4.69) is 31.3 Å². The molecule has 0 saturated heterocycles. The van der Waals surface area contributed by atoms with E-state index >= 15 is 0 Å². The molecule has 2 aromatic rings. The summed E-state index contributed by atoms with van der Waals surface area (Å²) in [6.45, 7) is 4.23. The summed E-state index contributed by atoms with van der Waals surface area (Å²) in [4.78, 5) is 0. The number of phenolic OH excluding ortho intramolecular Hbond substituents is 1. The molecule has 0 unspecified atom stereocenters. The highest BCUT2D eigenvalue weighted by molar-refractivity contribution is 5.55. The minimum atomic E-state index is 0.0926. The van der Waals surface area contributed by atoms with Crippen molar-refractivity contribution in [3.05, 3.63) is 53.6 Å². The van der Waals surface area contributed by atoms with Crippen LogP contribution in [0.15, 0.2) is 42.5 Å². The highest BCUT2D eigenvalue weighted by Gasteiger charge is 2.22. The van der Waals surface area contributed by atoms with Gasteiger partial charge in [0, 0.05) is 5.56 Å². The number of ether oxygens (including phenoxy) is 2. The number of methoxy groups -OCH3 is 2. The van der Waals surface area contributed by atoms with E-state index in [1.807, 2.05) is 30.3 Å². The van der Waals surface area contributed by atoms with E-state index in [-0.39, 0.29) is 11.8 Å². The van der Waals surface area contributed by atoms with Gasteiger partial charge in [-0.05, 0) is 26.0 Å². The number of phenols is 1. The van der Waals surface area contributed by atoms with Crippen LogP contribution in [-0.4, -0.2) is 19.3 Å². The second-order valence-corrected chi connectivity index (χ2v) is 5.42. The smallest absolute Gasteiger partial charge is 0.203 e. The van der Waals surface area contributed by atoms with Crippen LogP contribution < -0.4 is 14.8 Å². The first-order chi connectivity index (χ1) is 10.6. The lowest BCUT2D eigenvalue weighted by molar-refractivity contribution is -0.728. The van der Waals surface area contributed by atoms with Crippen molar-refractivity contribution in [2.45, 2.75) is 25.9 Å². The molecule has 0 aromatic heterocycles. The summed E-state index contributed by atoms with van der Waals surface area (Å²) in [6.07, 6.45) is 0. The fourth-order valence-electron chi connectivity index (χ4n) is 2.70. The highest BCUT2D eigenvalue weighted by Crippen LogP contribution is 2.40. The standard InChI is InChI=1S/C18H23NO3/c1-12(14-8-6-5-7-9-14)19-13(2)15-10-11-16(21-3)18(22-4)17(15)20/h5-13,19-20H,1-4H3/p+1/t12-,13-/m0/s1. The molecule has 2 atom stereocenters. The minimum absolute atomic E-state index is 0.0926. The highest BCUT2D eigenvalue weighted by atomic mass is 16.5. The van der Waals surface area contributed by atoms with Gasteiger partial charge in [0.15, 0.2) is 11.5 Å². The van der Waals surface area contributed by atoms with Crippen molar-refractivity contribution >= 4 is 0 Å². The van der Waals surface area contributed by atoms with Crippen LogP contribution in [0.25, 0.3) is 0 Å². The lowest BCUT2D eigenvalue weighted by Gasteiger charge is -2.20. The molecule has 0 saturated carbocycles. The largest absolute Gasteiger partial charge is 0.504 e. The Bertz CT molecular complexity index is 613. The van der Waals surface area contributed by atoms with Gasteiger partial charge in [-0.15, -0.1) is 0 Å². The van der Waals surface area contributed by atoms with Crippen LogP contribution in [-0.2, 0) is 0 Å². The molecule has 0 radical (unpaired) electrons. The summed E-state index contributed by atoms with van der Waals surface area (Å²) in [7, 11) is 3.09. The van der Waals surface area contributed by atoms with Crippen LogP contribution in [0.5, 0.6) is 17.2 Å².